The molecule has 3 N–H and O–H groups in total. The van der Waals surface area contributed by atoms with Crippen LogP contribution in [0.25, 0.3) is 0 Å². The summed E-state index contributed by atoms with van der Waals surface area (Å²) in [5, 5.41) is 3.67. The predicted octanol–water partition coefficient (Wildman–Crippen LogP) is 0.913. The normalized spacial score (nSPS) is 24.4. The molecule has 0 aliphatic carbocycles. The number of anilines is 1. The number of nitrogens with two attached hydrogens (primary N) is 1. The van der Waals surface area contributed by atoms with Gasteiger partial charge < -0.3 is 30.2 Å². The first kappa shape index (κ1) is 18.9. The van der Waals surface area contributed by atoms with Gasteiger partial charge in [0.1, 0.15) is 12.4 Å². The van der Waals surface area contributed by atoms with Crippen molar-refractivity contribution in [3.63, 3.8) is 0 Å². The van der Waals surface area contributed by atoms with Crippen LogP contribution in [0, 0.1) is 0 Å². The van der Waals surface area contributed by atoms with Gasteiger partial charge in [0.25, 0.3) is 0 Å². The first-order valence-corrected chi connectivity index (χ1v) is 9.28. The van der Waals surface area contributed by atoms with E-state index in [1.54, 1.807) is 7.11 Å². The number of benzene rings is 1. The molecule has 2 saturated heterocycles. The van der Waals surface area contributed by atoms with E-state index < -0.39 is 5.91 Å². The van der Waals surface area contributed by atoms with Crippen LogP contribution in [0.5, 0.6) is 5.75 Å². The number of rotatable bonds is 7. The van der Waals surface area contributed by atoms with E-state index in [1.807, 2.05) is 12.1 Å². The van der Waals surface area contributed by atoms with Gasteiger partial charge in [0, 0.05) is 37.5 Å². The SMILES string of the molecule is COc1cccc(N2CCC(N[C@@H]3COCC[C@@H]3OCC(N)=O)CC2)c1. The second-order valence-electron chi connectivity index (χ2n) is 6.92. The zero-order valence-electron chi connectivity index (χ0n) is 15.4. The van der Waals surface area contributed by atoms with Gasteiger partial charge in [-0.1, -0.05) is 6.07 Å². The summed E-state index contributed by atoms with van der Waals surface area (Å²) in [5.41, 5.74) is 6.40. The molecule has 144 valence electrons. The minimum Gasteiger partial charge on any atom is -0.497 e. The van der Waals surface area contributed by atoms with Crippen LogP contribution in [0.15, 0.2) is 24.3 Å². The summed E-state index contributed by atoms with van der Waals surface area (Å²) < 4.78 is 16.6. The number of primary amides is 1. The lowest BCUT2D eigenvalue weighted by Crippen LogP contribution is -2.54. The largest absolute Gasteiger partial charge is 0.497 e. The topological polar surface area (TPSA) is 86.1 Å². The highest BCUT2D eigenvalue weighted by Gasteiger charge is 2.30. The molecule has 2 aliphatic heterocycles. The van der Waals surface area contributed by atoms with Crippen LogP contribution < -0.4 is 20.7 Å². The number of carbonyl (C=O) groups is 1. The summed E-state index contributed by atoms with van der Waals surface area (Å²) >= 11 is 0. The van der Waals surface area contributed by atoms with Crippen molar-refractivity contribution in [1.29, 1.82) is 0 Å². The smallest absolute Gasteiger partial charge is 0.243 e. The van der Waals surface area contributed by atoms with Gasteiger partial charge in [0.15, 0.2) is 0 Å². The van der Waals surface area contributed by atoms with Gasteiger partial charge in [-0.25, -0.2) is 0 Å². The number of piperidine rings is 1. The molecule has 3 rings (SSSR count). The molecule has 0 bridgehead atoms. The molecule has 0 unspecified atom stereocenters. The molecule has 2 atom stereocenters. The summed E-state index contributed by atoms with van der Waals surface area (Å²) in [4.78, 5) is 13.4. The third-order valence-corrected chi connectivity index (χ3v) is 5.10. The standard InChI is InChI=1S/C19H29N3O4/c1-24-16-4-2-3-15(11-16)22-8-5-14(6-9-22)21-17-12-25-10-7-18(17)26-13-19(20)23/h2-4,11,14,17-18,21H,5-10,12-13H2,1H3,(H2,20,23)/t17-,18+/m1/s1. The molecule has 0 radical (unpaired) electrons. The molecule has 2 fully saturated rings. The molecule has 26 heavy (non-hydrogen) atoms. The predicted molar refractivity (Wildman–Crippen MR) is 99.5 cm³/mol. The Morgan fingerprint density at radius 3 is 2.88 bits per heavy atom. The van der Waals surface area contributed by atoms with Gasteiger partial charge in [-0.05, 0) is 31.4 Å². The Morgan fingerprint density at radius 1 is 1.35 bits per heavy atom. The van der Waals surface area contributed by atoms with Crippen LogP contribution in [0.4, 0.5) is 5.69 Å². The van der Waals surface area contributed by atoms with Crippen LogP contribution in [0.1, 0.15) is 19.3 Å². The van der Waals surface area contributed by atoms with E-state index >= 15 is 0 Å². The molecule has 1 amide bonds. The fourth-order valence-electron chi connectivity index (χ4n) is 3.68. The van der Waals surface area contributed by atoms with E-state index in [0.29, 0.717) is 19.3 Å². The van der Waals surface area contributed by atoms with Crippen molar-refractivity contribution in [2.75, 3.05) is 44.9 Å². The Labute approximate surface area is 154 Å². The third-order valence-electron chi connectivity index (χ3n) is 5.10. The molecule has 2 aliphatic rings. The maximum Gasteiger partial charge on any atom is 0.243 e. The first-order chi connectivity index (χ1) is 12.7. The van der Waals surface area contributed by atoms with Gasteiger partial charge in [0.2, 0.25) is 5.91 Å². The zero-order chi connectivity index (χ0) is 18.4. The van der Waals surface area contributed by atoms with Crippen LogP contribution in [-0.4, -0.2) is 64.1 Å². The molecule has 0 spiro atoms. The van der Waals surface area contributed by atoms with E-state index in [4.69, 9.17) is 19.9 Å². The Morgan fingerprint density at radius 2 is 2.15 bits per heavy atom. The van der Waals surface area contributed by atoms with Gasteiger partial charge in [-0.2, -0.15) is 0 Å². The Balaban J connectivity index is 1.50. The minimum absolute atomic E-state index is 0.0207. The first-order valence-electron chi connectivity index (χ1n) is 9.28. The molecular formula is C19H29N3O4. The minimum atomic E-state index is -0.429. The monoisotopic (exact) mass is 363 g/mol. The number of methoxy groups -OCH3 is 1. The number of hydrogen-bond donors (Lipinski definition) is 2. The number of nitrogens with zero attached hydrogens (tertiary/aromatic N) is 1. The van der Waals surface area contributed by atoms with Crippen molar-refractivity contribution in [2.24, 2.45) is 5.73 Å². The Kier molecular flexibility index (Phi) is 6.71. The fraction of sp³-hybridized carbons (Fsp3) is 0.632. The highest BCUT2D eigenvalue weighted by Crippen LogP contribution is 2.25. The zero-order valence-corrected chi connectivity index (χ0v) is 15.4. The fourth-order valence-corrected chi connectivity index (χ4v) is 3.68. The number of hydrogen-bond acceptors (Lipinski definition) is 6. The van der Waals surface area contributed by atoms with E-state index in [2.05, 4.69) is 22.3 Å². The molecule has 1 aromatic rings. The molecule has 2 heterocycles. The van der Waals surface area contributed by atoms with Crippen LogP contribution in [0.3, 0.4) is 0 Å². The van der Waals surface area contributed by atoms with E-state index in [1.165, 1.54) is 5.69 Å². The highest BCUT2D eigenvalue weighted by molar-refractivity contribution is 5.75. The Bertz CT molecular complexity index is 590. The van der Waals surface area contributed by atoms with Crippen molar-refractivity contribution >= 4 is 11.6 Å². The van der Waals surface area contributed by atoms with Gasteiger partial charge in [-0.15, -0.1) is 0 Å². The molecule has 1 aromatic carbocycles. The molecule has 7 heteroatoms. The highest BCUT2D eigenvalue weighted by atomic mass is 16.5. The number of amides is 1. The Hall–Kier alpha value is -1.83. The third kappa shape index (κ3) is 5.09. The second kappa shape index (κ2) is 9.21. The van der Waals surface area contributed by atoms with Crippen molar-refractivity contribution < 1.29 is 19.0 Å². The average molecular weight is 363 g/mol. The molecule has 0 saturated carbocycles. The lowest BCUT2D eigenvalue weighted by molar-refractivity contribution is -0.128. The molecule has 7 nitrogen and oxygen atoms in total. The van der Waals surface area contributed by atoms with Crippen LogP contribution in [-0.2, 0) is 14.3 Å². The lowest BCUT2D eigenvalue weighted by atomic mass is 10.00. The number of carbonyl (C=O) groups excluding carboxylic acids is 1. The van der Waals surface area contributed by atoms with E-state index in [0.717, 1.165) is 38.1 Å². The maximum atomic E-state index is 11.0. The van der Waals surface area contributed by atoms with Gasteiger partial charge >= 0.3 is 0 Å². The summed E-state index contributed by atoms with van der Waals surface area (Å²) in [5.74, 6) is 0.457. The number of nitrogens with one attached hydrogen (secondary N) is 1. The van der Waals surface area contributed by atoms with E-state index in [-0.39, 0.29) is 18.8 Å². The summed E-state index contributed by atoms with van der Waals surface area (Å²) in [6.45, 7) is 3.23. The summed E-state index contributed by atoms with van der Waals surface area (Å²) in [6.07, 6.45) is 2.87. The van der Waals surface area contributed by atoms with Crippen LogP contribution >= 0.6 is 0 Å². The molecular weight excluding hydrogens is 334 g/mol. The van der Waals surface area contributed by atoms with Crippen molar-refractivity contribution in [3.8, 4) is 5.75 Å². The van der Waals surface area contributed by atoms with Crippen LogP contribution in [0.2, 0.25) is 0 Å². The quantitative estimate of drug-likeness (QED) is 0.749. The average Bonchev–Trinajstić information content (AvgIpc) is 2.68. The van der Waals surface area contributed by atoms with Crippen molar-refractivity contribution in [2.45, 2.75) is 37.5 Å². The molecule has 0 aromatic heterocycles. The second-order valence-corrected chi connectivity index (χ2v) is 6.92. The van der Waals surface area contributed by atoms with Gasteiger partial charge in [0.05, 0.1) is 25.9 Å². The van der Waals surface area contributed by atoms with Gasteiger partial charge in [-0.3, -0.25) is 4.79 Å². The summed E-state index contributed by atoms with van der Waals surface area (Å²) in [7, 11) is 1.69. The van der Waals surface area contributed by atoms with E-state index in [9.17, 15) is 4.79 Å². The van der Waals surface area contributed by atoms with Crippen molar-refractivity contribution in [1.82, 2.24) is 5.32 Å². The maximum absolute atomic E-state index is 11.0. The number of ether oxygens (including phenoxy) is 3. The van der Waals surface area contributed by atoms with Crippen molar-refractivity contribution in [3.05, 3.63) is 24.3 Å². The lowest BCUT2D eigenvalue weighted by Gasteiger charge is -2.39. The summed E-state index contributed by atoms with van der Waals surface area (Å²) in [6, 6.07) is 8.72.